The van der Waals surface area contributed by atoms with Gasteiger partial charge < -0.3 is 24.1 Å². The molecule has 0 radical (unpaired) electrons. The SMILES string of the molecule is COc1ccccc1Oc1c(NS(=O)(=O)c2ccc(OCCBr)cc2)ncnc1OCCO. The fourth-order valence-corrected chi connectivity index (χ4v) is 3.81. The van der Waals surface area contributed by atoms with Crippen LogP contribution in [-0.2, 0) is 10.0 Å². The fraction of sp³-hybridized carbons (Fsp3) is 0.238. The lowest BCUT2D eigenvalue weighted by atomic mass is 10.3. The molecule has 176 valence electrons. The van der Waals surface area contributed by atoms with E-state index in [0.717, 1.165) is 6.33 Å². The molecule has 3 aromatic rings. The summed E-state index contributed by atoms with van der Waals surface area (Å²) >= 11 is 3.26. The van der Waals surface area contributed by atoms with Gasteiger partial charge in [0, 0.05) is 5.33 Å². The van der Waals surface area contributed by atoms with Crippen molar-refractivity contribution in [1.29, 1.82) is 0 Å². The Kier molecular flexibility index (Phi) is 8.69. The Morgan fingerprint density at radius 3 is 2.39 bits per heavy atom. The highest BCUT2D eigenvalue weighted by atomic mass is 79.9. The van der Waals surface area contributed by atoms with Crippen molar-refractivity contribution in [3.63, 3.8) is 0 Å². The summed E-state index contributed by atoms with van der Waals surface area (Å²) in [5.41, 5.74) is 0. The van der Waals surface area contributed by atoms with Gasteiger partial charge in [0.05, 0.1) is 25.2 Å². The number of nitrogens with zero attached hydrogens (tertiary/aromatic N) is 2. The molecule has 0 aliphatic carbocycles. The molecule has 1 aromatic heterocycles. The molecule has 0 spiro atoms. The van der Waals surface area contributed by atoms with Crippen LogP contribution in [0.2, 0.25) is 0 Å². The molecule has 0 saturated carbocycles. The smallest absolute Gasteiger partial charge is 0.263 e. The second kappa shape index (κ2) is 11.7. The van der Waals surface area contributed by atoms with E-state index in [-0.39, 0.29) is 41.3 Å². The minimum atomic E-state index is -4.04. The summed E-state index contributed by atoms with van der Waals surface area (Å²) in [6, 6.07) is 12.7. The number of methoxy groups -OCH3 is 1. The third kappa shape index (κ3) is 6.46. The molecule has 2 N–H and O–H groups in total. The zero-order valence-corrected chi connectivity index (χ0v) is 20.0. The monoisotopic (exact) mass is 539 g/mol. The minimum Gasteiger partial charge on any atom is -0.493 e. The molecule has 0 amide bonds. The number of ether oxygens (including phenoxy) is 4. The van der Waals surface area contributed by atoms with Gasteiger partial charge in [0.2, 0.25) is 5.75 Å². The maximum atomic E-state index is 13.0. The molecule has 2 aromatic carbocycles. The van der Waals surface area contributed by atoms with Crippen LogP contribution in [0.5, 0.6) is 28.9 Å². The number of aliphatic hydroxyl groups excluding tert-OH is 1. The molecule has 0 bridgehead atoms. The van der Waals surface area contributed by atoms with E-state index in [0.29, 0.717) is 23.4 Å². The average molecular weight is 540 g/mol. The Hall–Kier alpha value is -3.09. The van der Waals surface area contributed by atoms with E-state index < -0.39 is 10.0 Å². The predicted molar refractivity (Wildman–Crippen MR) is 124 cm³/mol. The lowest BCUT2D eigenvalue weighted by Gasteiger charge is -2.16. The third-order valence-electron chi connectivity index (χ3n) is 4.09. The quantitative estimate of drug-likeness (QED) is 0.333. The van der Waals surface area contributed by atoms with E-state index in [9.17, 15) is 8.42 Å². The van der Waals surface area contributed by atoms with Gasteiger partial charge >= 0.3 is 0 Å². The second-order valence-corrected chi connectivity index (χ2v) is 8.77. The number of alkyl halides is 1. The molecule has 33 heavy (non-hydrogen) atoms. The number of aromatic nitrogens is 2. The lowest BCUT2D eigenvalue weighted by Crippen LogP contribution is -2.15. The summed E-state index contributed by atoms with van der Waals surface area (Å²) in [7, 11) is -2.57. The van der Waals surface area contributed by atoms with Crippen LogP contribution in [0, 0.1) is 0 Å². The third-order valence-corrected chi connectivity index (χ3v) is 5.77. The van der Waals surface area contributed by atoms with E-state index in [1.807, 2.05) is 0 Å². The van der Waals surface area contributed by atoms with Crippen LogP contribution in [0.3, 0.4) is 0 Å². The number of rotatable bonds is 12. The first-order valence-corrected chi connectivity index (χ1v) is 12.3. The highest BCUT2D eigenvalue weighted by molar-refractivity contribution is 9.09. The van der Waals surface area contributed by atoms with Crippen molar-refractivity contribution in [3.05, 3.63) is 54.9 Å². The topological polar surface area (TPSA) is 129 Å². The Labute approximate surface area is 199 Å². The van der Waals surface area contributed by atoms with E-state index in [4.69, 9.17) is 24.1 Å². The van der Waals surface area contributed by atoms with Gasteiger partial charge in [0.25, 0.3) is 15.9 Å². The van der Waals surface area contributed by atoms with Crippen LogP contribution in [0.1, 0.15) is 0 Å². The number of aliphatic hydroxyl groups is 1. The molecular formula is C21H22BrN3O7S. The van der Waals surface area contributed by atoms with Crippen LogP contribution in [0.25, 0.3) is 0 Å². The molecule has 1 heterocycles. The number of benzene rings is 2. The molecule has 3 rings (SSSR count). The van der Waals surface area contributed by atoms with Gasteiger partial charge in [-0.3, -0.25) is 4.72 Å². The highest BCUT2D eigenvalue weighted by Crippen LogP contribution is 2.39. The zero-order valence-electron chi connectivity index (χ0n) is 17.6. The molecular weight excluding hydrogens is 518 g/mol. The van der Waals surface area contributed by atoms with Gasteiger partial charge in [-0.1, -0.05) is 28.1 Å². The van der Waals surface area contributed by atoms with Crippen LogP contribution in [0.15, 0.2) is 59.8 Å². The summed E-state index contributed by atoms with van der Waals surface area (Å²) in [5.74, 6) is 0.941. The number of para-hydroxylation sites is 2. The normalized spacial score (nSPS) is 11.0. The van der Waals surface area contributed by atoms with E-state index in [2.05, 4.69) is 30.6 Å². The number of nitrogens with one attached hydrogen (secondary N) is 1. The fourth-order valence-electron chi connectivity index (χ4n) is 2.64. The molecule has 0 fully saturated rings. The maximum Gasteiger partial charge on any atom is 0.263 e. The number of anilines is 1. The van der Waals surface area contributed by atoms with Gasteiger partial charge in [-0.05, 0) is 36.4 Å². The molecule has 10 nitrogen and oxygen atoms in total. The van der Waals surface area contributed by atoms with Crippen LogP contribution in [-0.4, -0.2) is 55.8 Å². The van der Waals surface area contributed by atoms with E-state index in [1.165, 1.54) is 19.2 Å². The van der Waals surface area contributed by atoms with E-state index >= 15 is 0 Å². The predicted octanol–water partition coefficient (Wildman–Crippen LogP) is 3.22. The molecule has 0 aliphatic rings. The van der Waals surface area contributed by atoms with Crippen LogP contribution < -0.4 is 23.7 Å². The average Bonchev–Trinajstić information content (AvgIpc) is 2.83. The Balaban J connectivity index is 1.94. The van der Waals surface area contributed by atoms with Crippen molar-refractivity contribution in [2.75, 3.05) is 37.0 Å². The van der Waals surface area contributed by atoms with Crippen molar-refractivity contribution in [2.24, 2.45) is 0 Å². The first-order valence-electron chi connectivity index (χ1n) is 9.69. The molecule has 0 unspecified atom stereocenters. The number of halogens is 1. The summed E-state index contributed by atoms with van der Waals surface area (Å²) < 4.78 is 50.5. The Bertz CT molecular complexity index is 1160. The first-order chi connectivity index (χ1) is 16.0. The van der Waals surface area contributed by atoms with Crippen molar-refractivity contribution < 1.29 is 32.5 Å². The van der Waals surface area contributed by atoms with Gasteiger partial charge in [-0.2, -0.15) is 4.98 Å². The van der Waals surface area contributed by atoms with E-state index in [1.54, 1.807) is 36.4 Å². The number of hydrogen-bond donors (Lipinski definition) is 2. The van der Waals surface area contributed by atoms with Gasteiger partial charge in [0.1, 0.15) is 18.7 Å². The van der Waals surface area contributed by atoms with Gasteiger partial charge in [-0.15, -0.1) is 0 Å². The maximum absolute atomic E-state index is 13.0. The number of hydrogen-bond acceptors (Lipinski definition) is 9. The minimum absolute atomic E-state index is 0.00614. The second-order valence-electron chi connectivity index (χ2n) is 6.30. The largest absolute Gasteiger partial charge is 0.493 e. The standard InChI is InChI=1S/C21H22BrN3O7S/c1-29-17-4-2-3-5-18(17)32-19-20(23-14-24-21(19)31-13-11-26)25-33(27,28)16-8-6-15(7-9-16)30-12-10-22/h2-9,14,26H,10-13H2,1H3,(H,23,24,25). The Morgan fingerprint density at radius 1 is 1.00 bits per heavy atom. The molecule has 0 atom stereocenters. The van der Waals surface area contributed by atoms with Crippen LogP contribution >= 0.6 is 15.9 Å². The molecule has 0 aliphatic heterocycles. The van der Waals surface area contributed by atoms with Gasteiger partial charge in [-0.25, -0.2) is 13.4 Å². The van der Waals surface area contributed by atoms with Crippen molar-refractivity contribution in [3.8, 4) is 28.9 Å². The molecule has 12 heteroatoms. The van der Waals surface area contributed by atoms with Crippen LogP contribution in [0.4, 0.5) is 5.82 Å². The lowest BCUT2D eigenvalue weighted by molar-refractivity contribution is 0.192. The van der Waals surface area contributed by atoms with Gasteiger partial charge in [0.15, 0.2) is 17.3 Å². The van der Waals surface area contributed by atoms with Crippen molar-refractivity contribution >= 4 is 31.8 Å². The summed E-state index contributed by atoms with van der Waals surface area (Å²) in [6.45, 7) is 0.0928. The first kappa shape index (κ1) is 24.6. The van der Waals surface area contributed by atoms with Crippen molar-refractivity contribution in [1.82, 2.24) is 9.97 Å². The molecule has 0 saturated heterocycles. The highest BCUT2D eigenvalue weighted by Gasteiger charge is 2.23. The summed E-state index contributed by atoms with van der Waals surface area (Å²) in [5, 5.41) is 9.77. The number of sulfonamides is 1. The zero-order chi connectivity index (χ0) is 23.7. The van der Waals surface area contributed by atoms with Crippen molar-refractivity contribution in [2.45, 2.75) is 4.90 Å². The summed E-state index contributed by atoms with van der Waals surface area (Å²) in [4.78, 5) is 8.03. The summed E-state index contributed by atoms with van der Waals surface area (Å²) in [6.07, 6.45) is 1.12. The Morgan fingerprint density at radius 2 is 1.73 bits per heavy atom.